The van der Waals surface area contributed by atoms with E-state index in [1.54, 1.807) is 5.57 Å². The Morgan fingerprint density at radius 1 is 1.25 bits per heavy atom. The van der Waals surface area contributed by atoms with Gasteiger partial charge in [-0.05, 0) is 74.2 Å². The highest BCUT2D eigenvalue weighted by Crippen LogP contribution is 2.65. The number of hydrogen-bond donors (Lipinski definition) is 0. The van der Waals surface area contributed by atoms with Crippen LogP contribution in [0.15, 0.2) is 23.3 Å². The Kier molecular flexibility index (Phi) is 3.75. The molecule has 0 radical (unpaired) electrons. The average Bonchev–Trinajstić information content (AvgIpc) is 2.90. The van der Waals surface area contributed by atoms with Gasteiger partial charge in [-0.1, -0.05) is 31.1 Å². The molecular weight excluding hydrogens is 294 g/mol. The van der Waals surface area contributed by atoms with Crippen LogP contribution in [0.25, 0.3) is 0 Å². The SMILES string of the molecule is C[C@]12CCC(=O)C=C1CC[C@@H]1C2=CC[C@]2(C)[C@@H](CCC#N)CC[C@@H]12. The topological polar surface area (TPSA) is 40.9 Å². The van der Waals surface area contributed by atoms with Crippen LogP contribution in [0.5, 0.6) is 0 Å². The zero-order valence-corrected chi connectivity index (χ0v) is 15.1. The number of fused-ring (bicyclic) bond motifs is 5. The van der Waals surface area contributed by atoms with Gasteiger partial charge in [0.15, 0.2) is 5.78 Å². The highest BCUT2D eigenvalue weighted by molar-refractivity contribution is 5.92. The van der Waals surface area contributed by atoms with Gasteiger partial charge in [0.2, 0.25) is 0 Å². The summed E-state index contributed by atoms with van der Waals surface area (Å²) in [6.07, 6.45) is 14.2. The third-order valence-electron chi connectivity index (χ3n) is 8.13. The molecule has 4 aliphatic rings. The third kappa shape index (κ3) is 2.17. The Morgan fingerprint density at radius 3 is 2.88 bits per heavy atom. The molecule has 2 saturated carbocycles. The van der Waals surface area contributed by atoms with Crippen molar-refractivity contribution < 1.29 is 4.79 Å². The van der Waals surface area contributed by atoms with Gasteiger partial charge in [0, 0.05) is 18.3 Å². The molecule has 4 rings (SSSR count). The van der Waals surface area contributed by atoms with Crippen molar-refractivity contribution in [2.45, 2.75) is 71.6 Å². The summed E-state index contributed by atoms with van der Waals surface area (Å²) in [6, 6.07) is 2.36. The van der Waals surface area contributed by atoms with Gasteiger partial charge in [-0.25, -0.2) is 0 Å². The van der Waals surface area contributed by atoms with Crippen LogP contribution in [0.3, 0.4) is 0 Å². The van der Waals surface area contributed by atoms with E-state index in [1.807, 2.05) is 6.08 Å². The molecule has 0 N–H and O–H groups in total. The van der Waals surface area contributed by atoms with E-state index in [0.29, 0.717) is 23.5 Å². The molecule has 2 nitrogen and oxygen atoms in total. The Labute approximate surface area is 146 Å². The molecule has 0 spiro atoms. The highest BCUT2D eigenvalue weighted by Gasteiger charge is 2.55. The zero-order chi connectivity index (χ0) is 16.9. The van der Waals surface area contributed by atoms with Crippen LogP contribution in [-0.4, -0.2) is 5.78 Å². The summed E-state index contributed by atoms with van der Waals surface area (Å²) in [5.41, 5.74) is 3.62. The molecule has 24 heavy (non-hydrogen) atoms. The monoisotopic (exact) mass is 323 g/mol. The van der Waals surface area contributed by atoms with E-state index in [4.69, 9.17) is 5.26 Å². The summed E-state index contributed by atoms with van der Waals surface area (Å²) in [5.74, 6) is 2.56. The van der Waals surface area contributed by atoms with Crippen molar-refractivity contribution in [3.63, 3.8) is 0 Å². The second kappa shape index (κ2) is 5.58. The van der Waals surface area contributed by atoms with Gasteiger partial charge in [-0.2, -0.15) is 5.26 Å². The van der Waals surface area contributed by atoms with Crippen molar-refractivity contribution in [3.8, 4) is 6.07 Å². The van der Waals surface area contributed by atoms with Crippen LogP contribution in [-0.2, 0) is 4.79 Å². The highest BCUT2D eigenvalue weighted by atomic mass is 16.1. The molecule has 0 aromatic carbocycles. The Hall–Kier alpha value is -1.36. The first-order valence-corrected chi connectivity index (χ1v) is 9.80. The maximum Gasteiger partial charge on any atom is 0.155 e. The molecule has 5 atom stereocenters. The number of nitrogens with zero attached hydrogens (tertiary/aromatic N) is 1. The summed E-state index contributed by atoms with van der Waals surface area (Å²) in [4.78, 5) is 11.9. The number of allylic oxidation sites excluding steroid dienone is 4. The smallest absolute Gasteiger partial charge is 0.155 e. The number of rotatable bonds is 2. The maximum atomic E-state index is 11.9. The largest absolute Gasteiger partial charge is 0.295 e. The number of hydrogen-bond acceptors (Lipinski definition) is 2. The van der Waals surface area contributed by atoms with Crippen molar-refractivity contribution in [1.29, 1.82) is 5.26 Å². The normalized spacial score (nSPS) is 43.9. The van der Waals surface area contributed by atoms with E-state index in [-0.39, 0.29) is 5.41 Å². The fraction of sp³-hybridized carbons (Fsp3) is 0.727. The maximum absolute atomic E-state index is 11.9. The van der Waals surface area contributed by atoms with Crippen LogP contribution in [0.2, 0.25) is 0 Å². The summed E-state index contributed by atoms with van der Waals surface area (Å²) in [7, 11) is 0. The van der Waals surface area contributed by atoms with Gasteiger partial charge in [0.1, 0.15) is 0 Å². The van der Waals surface area contributed by atoms with Crippen molar-refractivity contribution in [2.75, 3.05) is 0 Å². The fourth-order valence-corrected chi connectivity index (χ4v) is 6.67. The Balaban J connectivity index is 1.67. The molecule has 0 unspecified atom stereocenters. The minimum atomic E-state index is 0.156. The second-order valence-corrected chi connectivity index (χ2v) is 9.06. The quantitative estimate of drug-likeness (QED) is 0.642. The molecule has 2 heteroatoms. The first-order chi connectivity index (χ1) is 11.5. The summed E-state index contributed by atoms with van der Waals surface area (Å²) in [5, 5.41) is 8.98. The van der Waals surface area contributed by atoms with Crippen LogP contribution < -0.4 is 0 Å². The van der Waals surface area contributed by atoms with Crippen LogP contribution in [0, 0.1) is 39.9 Å². The van der Waals surface area contributed by atoms with E-state index < -0.39 is 0 Å². The number of ketones is 1. The molecule has 4 aliphatic carbocycles. The minimum Gasteiger partial charge on any atom is -0.295 e. The van der Waals surface area contributed by atoms with E-state index in [1.165, 1.54) is 31.3 Å². The summed E-state index contributed by atoms with van der Waals surface area (Å²) >= 11 is 0. The number of carbonyl (C=O) groups is 1. The Bertz CT molecular complexity index is 666. The van der Waals surface area contributed by atoms with E-state index in [2.05, 4.69) is 26.0 Å². The standard InChI is InChI=1S/C22H29NO/c1-21-12-10-20-18(19(21)8-6-15(21)4-3-13-23)7-5-16-14-17(24)9-11-22(16,20)2/h10,14-15,18-19H,3-9,11-12H2,1-2H3/t15-,18-,19-,21+,22-/m0/s1. The zero-order valence-electron chi connectivity index (χ0n) is 15.1. The molecular formula is C22H29NO. The lowest BCUT2D eigenvalue weighted by molar-refractivity contribution is -0.115. The van der Waals surface area contributed by atoms with Crippen molar-refractivity contribution in [2.24, 2.45) is 28.6 Å². The van der Waals surface area contributed by atoms with E-state index in [0.717, 1.165) is 37.5 Å². The predicted molar refractivity (Wildman–Crippen MR) is 95.0 cm³/mol. The van der Waals surface area contributed by atoms with Gasteiger partial charge >= 0.3 is 0 Å². The van der Waals surface area contributed by atoms with E-state index in [9.17, 15) is 4.79 Å². The van der Waals surface area contributed by atoms with Crippen molar-refractivity contribution >= 4 is 5.78 Å². The van der Waals surface area contributed by atoms with E-state index >= 15 is 0 Å². The fourth-order valence-electron chi connectivity index (χ4n) is 6.67. The lowest BCUT2D eigenvalue weighted by atomic mass is 9.51. The molecule has 0 heterocycles. The van der Waals surface area contributed by atoms with Gasteiger partial charge in [-0.15, -0.1) is 0 Å². The average molecular weight is 323 g/mol. The van der Waals surface area contributed by atoms with Gasteiger partial charge in [0.05, 0.1) is 6.07 Å². The van der Waals surface area contributed by atoms with Gasteiger partial charge in [-0.3, -0.25) is 4.79 Å². The molecule has 0 saturated heterocycles. The van der Waals surface area contributed by atoms with Crippen molar-refractivity contribution in [3.05, 3.63) is 23.3 Å². The van der Waals surface area contributed by atoms with Crippen LogP contribution >= 0.6 is 0 Å². The summed E-state index contributed by atoms with van der Waals surface area (Å²) < 4.78 is 0. The lowest BCUT2D eigenvalue weighted by Crippen LogP contribution is -2.44. The minimum absolute atomic E-state index is 0.156. The number of nitriles is 1. The molecule has 0 aromatic heterocycles. The third-order valence-corrected chi connectivity index (χ3v) is 8.13. The first kappa shape index (κ1) is 16.1. The van der Waals surface area contributed by atoms with Gasteiger partial charge < -0.3 is 0 Å². The molecule has 2 fully saturated rings. The summed E-state index contributed by atoms with van der Waals surface area (Å²) in [6.45, 7) is 4.89. The van der Waals surface area contributed by atoms with Gasteiger partial charge in [0.25, 0.3) is 0 Å². The van der Waals surface area contributed by atoms with Crippen LogP contribution in [0.4, 0.5) is 0 Å². The van der Waals surface area contributed by atoms with Crippen molar-refractivity contribution in [1.82, 2.24) is 0 Å². The predicted octanol–water partition coefficient (Wildman–Crippen LogP) is 5.36. The Morgan fingerprint density at radius 2 is 2.08 bits per heavy atom. The molecule has 0 amide bonds. The molecule has 0 aromatic rings. The first-order valence-electron chi connectivity index (χ1n) is 9.80. The second-order valence-electron chi connectivity index (χ2n) is 9.06. The van der Waals surface area contributed by atoms with Crippen LogP contribution in [0.1, 0.15) is 71.6 Å². The molecule has 0 bridgehead atoms. The molecule has 128 valence electrons. The number of carbonyl (C=O) groups excluding carboxylic acids is 1. The lowest BCUT2D eigenvalue weighted by Gasteiger charge is -2.53. The molecule has 0 aliphatic heterocycles.